The SMILES string of the molecule is CC1(C)C2=C(CCC(I)=C2)C2=CC=C(Br)CC21. The molecule has 0 N–H and O–H groups in total. The molecule has 0 aliphatic heterocycles. The number of hydrogen-bond donors (Lipinski definition) is 0. The van der Waals surface area contributed by atoms with E-state index in [1.807, 2.05) is 0 Å². The summed E-state index contributed by atoms with van der Waals surface area (Å²) in [6.07, 6.45) is 10.6. The van der Waals surface area contributed by atoms with E-state index in [0.29, 0.717) is 11.3 Å². The van der Waals surface area contributed by atoms with Crippen LogP contribution in [0.15, 0.2) is 43.0 Å². The molecule has 0 bridgehead atoms. The Labute approximate surface area is 125 Å². The van der Waals surface area contributed by atoms with Crippen molar-refractivity contribution in [2.24, 2.45) is 11.3 Å². The van der Waals surface area contributed by atoms with E-state index in [0.717, 1.165) is 6.42 Å². The quantitative estimate of drug-likeness (QED) is 0.458. The summed E-state index contributed by atoms with van der Waals surface area (Å²) < 4.78 is 2.86. The van der Waals surface area contributed by atoms with Gasteiger partial charge in [0.25, 0.3) is 0 Å². The lowest BCUT2D eigenvalue weighted by Gasteiger charge is -2.31. The van der Waals surface area contributed by atoms with Gasteiger partial charge < -0.3 is 0 Å². The minimum atomic E-state index is 0.297. The van der Waals surface area contributed by atoms with Crippen molar-refractivity contribution >= 4 is 38.5 Å². The maximum absolute atomic E-state index is 3.67. The zero-order valence-corrected chi connectivity index (χ0v) is 13.9. The van der Waals surface area contributed by atoms with Crippen LogP contribution in [0.5, 0.6) is 0 Å². The van der Waals surface area contributed by atoms with Gasteiger partial charge in [-0.05, 0) is 84.0 Å². The summed E-state index contributed by atoms with van der Waals surface area (Å²) >= 11 is 6.16. The van der Waals surface area contributed by atoms with Crippen LogP contribution in [-0.4, -0.2) is 0 Å². The molecule has 3 rings (SSSR count). The van der Waals surface area contributed by atoms with Crippen molar-refractivity contribution in [3.05, 3.63) is 43.0 Å². The third-order valence-corrected chi connectivity index (χ3v) is 5.81. The Morgan fingerprint density at radius 1 is 1.29 bits per heavy atom. The van der Waals surface area contributed by atoms with Crippen LogP contribution in [0, 0.1) is 11.3 Å². The van der Waals surface area contributed by atoms with Gasteiger partial charge in [-0.25, -0.2) is 0 Å². The number of fused-ring (bicyclic) bond motifs is 2. The Morgan fingerprint density at radius 3 is 2.82 bits per heavy atom. The van der Waals surface area contributed by atoms with Crippen LogP contribution in [-0.2, 0) is 0 Å². The summed E-state index contributed by atoms with van der Waals surface area (Å²) in [5.41, 5.74) is 5.13. The predicted molar refractivity (Wildman–Crippen MR) is 85.3 cm³/mol. The van der Waals surface area contributed by atoms with Gasteiger partial charge in [-0.2, -0.15) is 0 Å². The van der Waals surface area contributed by atoms with Gasteiger partial charge in [-0.15, -0.1) is 0 Å². The Bertz CT molecular complexity index is 503. The van der Waals surface area contributed by atoms with E-state index in [2.05, 4.69) is 70.6 Å². The van der Waals surface area contributed by atoms with E-state index in [9.17, 15) is 0 Å². The van der Waals surface area contributed by atoms with Gasteiger partial charge in [0.1, 0.15) is 0 Å². The molecule has 0 spiro atoms. The highest BCUT2D eigenvalue weighted by Crippen LogP contribution is 2.57. The normalized spacial score (nSPS) is 30.4. The average Bonchev–Trinajstić information content (AvgIpc) is 2.49. The molecule has 0 saturated heterocycles. The van der Waals surface area contributed by atoms with Gasteiger partial charge in [0, 0.05) is 0 Å². The van der Waals surface area contributed by atoms with Crippen LogP contribution < -0.4 is 0 Å². The van der Waals surface area contributed by atoms with Gasteiger partial charge in [0.2, 0.25) is 0 Å². The molecule has 0 aromatic rings. The molecule has 3 aliphatic rings. The number of hydrogen-bond acceptors (Lipinski definition) is 0. The fourth-order valence-corrected chi connectivity index (χ4v) is 4.42. The molecule has 0 saturated carbocycles. The van der Waals surface area contributed by atoms with Gasteiger partial charge in [-0.1, -0.05) is 41.9 Å². The first-order chi connectivity index (χ1) is 8.00. The van der Waals surface area contributed by atoms with E-state index >= 15 is 0 Å². The summed E-state index contributed by atoms with van der Waals surface area (Å²) in [6, 6.07) is 0. The molecule has 0 nitrogen and oxygen atoms in total. The van der Waals surface area contributed by atoms with Gasteiger partial charge in [0.05, 0.1) is 0 Å². The molecule has 1 unspecified atom stereocenters. The molecule has 2 heteroatoms. The molecule has 90 valence electrons. The Morgan fingerprint density at radius 2 is 2.06 bits per heavy atom. The van der Waals surface area contributed by atoms with E-state index in [1.54, 1.807) is 16.7 Å². The maximum atomic E-state index is 3.67. The molecule has 0 heterocycles. The van der Waals surface area contributed by atoms with E-state index in [4.69, 9.17) is 0 Å². The van der Waals surface area contributed by atoms with E-state index in [1.165, 1.54) is 20.9 Å². The van der Waals surface area contributed by atoms with Crippen molar-refractivity contribution in [1.29, 1.82) is 0 Å². The molecular weight excluding hydrogens is 387 g/mol. The van der Waals surface area contributed by atoms with Gasteiger partial charge >= 0.3 is 0 Å². The molecule has 0 aromatic heterocycles. The zero-order valence-electron chi connectivity index (χ0n) is 10.2. The molecule has 0 radical (unpaired) electrons. The highest BCUT2D eigenvalue weighted by molar-refractivity contribution is 14.1. The lowest BCUT2D eigenvalue weighted by molar-refractivity contribution is 0.335. The first-order valence-corrected chi connectivity index (χ1v) is 8.03. The minimum absolute atomic E-state index is 0.297. The largest absolute Gasteiger partial charge is 0.0576 e. The van der Waals surface area contributed by atoms with Crippen LogP contribution in [0.3, 0.4) is 0 Å². The fraction of sp³-hybridized carbons (Fsp3) is 0.467. The van der Waals surface area contributed by atoms with Crippen LogP contribution in [0.4, 0.5) is 0 Å². The van der Waals surface area contributed by atoms with E-state index < -0.39 is 0 Å². The highest BCUT2D eigenvalue weighted by Gasteiger charge is 2.45. The molecule has 0 fully saturated rings. The van der Waals surface area contributed by atoms with Crippen LogP contribution in [0.2, 0.25) is 0 Å². The summed E-state index contributed by atoms with van der Waals surface area (Å²) in [6.45, 7) is 4.82. The summed E-state index contributed by atoms with van der Waals surface area (Å²) in [5, 5.41) is 0. The van der Waals surface area contributed by atoms with Gasteiger partial charge in [0.15, 0.2) is 0 Å². The summed E-state index contributed by atoms with van der Waals surface area (Å²) in [7, 11) is 0. The lowest BCUT2D eigenvalue weighted by atomic mass is 9.73. The molecular formula is C15H16BrI. The third-order valence-electron chi connectivity index (χ3n) is 4.37. The highest BCUT2D eigenvalue weighted by atomic mass is 127. The first-order valence-electron chi connectivity index (χ1n) is 6.16. The van der Waals surface area contributed by atoms with Crippen molar-refractivity contribution in [3.8, 4) is 0 Å². The second kappa shape index (κ2) is 4.09. The van der Waals surface area contributed by atoms with Crippen LogP contribution >= 0.6 is 38.5 Å². The zero-order chi connectivity index (χ0) is 12.2. The molecule has 0 amide bonds. The summed E-state index contributed by atoms with van der Waals surface area (Å²) in [4.78, 5) is 0. The Balaban J connectivity index is 2.15. The third kappa shape index (κ3) is 1.83. The predicted octanol–water partition coefficient (Wildman–Crippen LogP) is 5.66. The minimum Gasteiger partial charge on any atom is -0.0576 e. The maximum Gasteiger partial charge on any atom is -0.00216 e. The number of halogens is 2. The monoisotopic (exact) mass is 402 g/mol. The number of rotatable bonds is 0. The molecule has 0 aromatic carbocycles. The second-order valence-corrected chi connectivity index (χ2v) is 8.10. The van der Waals surface area contributed by atoms with Crippen molar-refractivity contribution in [2.45, 2.75) is 33.1 Å². The number of allylic oxidation sites excluding steroid dienone is 8. The smallest absolute Gasteiger partial charge is 0.00216 e. The Kier molecular flexibility index (Phi) is 2.94. The summed E-state index contributed by atoms with van der Waals surface area (Å²) in [5.74, 6) is 0.672. The van der Waals surface area contributed by atoms with Gasteiger partial charge in [-0.3, -0.25) is 0 Å². The topological polar surface area (TPSA) is 0 Å². The fourth-order valence-electron chi connectivity index (χ4n) is 3.38. The van der Waals surface area contributed by atoms with Crippen molar-refractivity contribution in [1.82, 2.24) is 0 Å². The standard InChI is InChI=1S/C15H16BrI/c1-15(2)13-7-9(16)3-5-11(13)12-6-4-10(17)8-14(12)15/h3,5,8,13H,4,6-7H2,1-2H3. The van der Waals surface area contributed by atoms with Crippen LogP contribution in [0.25, 0.3) is 0 Å². The van der Waals surface area contributed by atoms with E-state index in [-0.39, 0.29) is 0 Å². The van der Waals surface area contributed by atoms with Crippen molar-refractivity contribution in [3.63, 3.8) is 0 Å². The molecule has 1 atom stereocenters. The average molecular weight is 403 g/mol. The lowest BCUT2D eigenvalue weighted by Crippen LogP contribution is -2.22. The van der Waals surface area contributed by atoms with Crippen LogP contribution in [0.1, 0.15) is 33.1 Å². The first kappa shape index (κ1) is 12.2. The van der Waals surface area contributed by atoms with Crippen molar-refractivity contribution in [2.75, 3.05) is 0 Å². The van der Waals surface area contributed by atoms with Crippen molar-refractivity contribution < 1.29 is 0 Å². The molecule has 3 aliphatic carbocycles. The Hall–Kier alpha value is 0.170. The second-order valence-electron chi connectivity index (χ2n) is 5.70. The molecule has 17 heavy (non-hydrogen) atoms.